The minimum absolute atomic E-state index is 0.0595. The van der Waals surface area contributed by atoms with Gasteiger partial charge in [0.2, 0.25) is 5.76 Å². The molecule has 5 nitrogen and oxygen atoms in total. The summed E-state index contributed by atoms with van der Waals surface area (Å²) in [6.45, 7) is 0.216. The average Bonchev–Trinajstić information content (AvgIpc) is 3.32. The van der Waals surface area contributed by atoms with E-state index >= 15 is 0 Å². The molecular weight excluding hydrogens is 458 g/mol. The molecular formula is C22H13BrClNO4. The molecule has 3 heterocycles. The van der Waals surface area contributed by atoms with Crippen LogP contribution in [-0.2, 0) is 6.54 Å². The molecule has 0 saturated heterocycles. The van der Waals surface area contributed by atoms with Crippen molar-refractivity contribution in [2.75, 3.05) is 0 Å². The van der Waals surface area contributed by atoms with E-state index in [9.17, 15) is 9.59 Å². The lowest BCUT2D eigenvalue weighted by atomic mass is 9.98. The highest BCUT2D eigenvalue weighted by molar-refractivity contribution is 9.10. The maximum Gasteiger partial charge on any atom is 0.291 e. The van der Waals surface area contributed by atoms with Crippen molar-refractivity contribution in [1.29, 1.82) is 0 Å². The number of carbonyl (C=O) groups is 1. The lowest BCUT2D eigenvalue weighted by molar-refractivity contribution is 0.0701. The lowest BCUT2D eigenvalue weighted by Gasteiger charge is -2.24. The molecule has 144 valence electrons. The number of hydrogen-bond donors (Lipinski definition) is 0. The summed E-state index contributed by atoms with van der Waals surface area (Å²) in [6, 6.07) is 15.3. The Bertz CT molecular complexity index is 1300. The van der Waals surface area contributed by atoms with E-state index in [1.165, 1.54) is 0 Å². The van der Waals surface area contributed by atoms with Crippen LogP contribution in [-0.4, -0.2) is 10.8 Å². The molecule has 1 atom stereocenters. The first-order valence-electron chi connectivity index (χ1n) is 8.88. The number of nitrogens with zero attached hydrogens (tertiary/aromatic N) is 1. The van der Waals surface area contributed by atoms with Crippen molar-refractivity contribution < 1.29 is 13.6 Å². The zero-order valence-electron chi connectivity index (χ0n) is 14.9. The van der Waals surface area contributed by atoms with Crippen molar-refractivity contribution in [3.05, 3.63) is 103 Å². The number of halogens is 2. The molecule has 2 aromatic heterocycles. The van der Waals surface area contributed by atoms with Crippen molar-refractivity contribution in [2.45, 2.75) is 12.6 Å². The fourth-order valence-corrected chi connectivity index (χ4v) is 4.15. The van der Waals surface area contributed by atoms with Crippen molar-refractivity contribution in [3.63, 3.8) is 0 Å². The highest BCUT2D eigenvalue weighted by Crippen LogP contribution is 2.39. The van der Waals surface area contributed by atoms with Crippen LogP contribution in [0, 0.1) is 0 Å². The van der Waals surface area contributed by atoms with Crippen LogP contribution in [0.2, 0.25) is 5.02 Å². The van der Waals surface area contributed by atoms with Crippen LogP contribution in [0.15, 0.2) is 79.0 Å². The summed E-state index contributed by atoms with van der Waals surface area (Å²) in [6.07, 6.45) is 1.55. The molecule has 0 spiro atoms. The molecule has 2 aromatic carbocycles. The first-order valence-corrected chi connectivity index (χ1v) is 10.0. The Labute approximate surface area is 178 Å². The van der Waals surface area contributed by atoms with Gasteiger partial charge >= 0.3 is 0 Å². The van der Waals surface area contributed by atoms with E-state index in [2.05, 4.69) is 15.9 Å². The number of benzene rings is 2. The standard InChI is InChI=1S/C22H13BrClNO4/c23-13-5-3-12(4-6-13)19-18-20(26)16-10-14(24)7-8-17(16)29-21(18)22(27)25(19)11-15-2-1-9-28-15/h1-10,19H,11H2. The van der Waals surface area contributed by atoms with Gasteiger partial charge in [0.05, 0.1) is 29.8 Å². The van der Waals surface area contributed by atoms with Crippen LogP contribution in [0.3, 0.4) is 0 Å². The van der Waals surface area contributed by atoms with E-state index in [1.54, 1.807) is 41.5 Å². The Morgan fingerprint density at radius 3 is 2.59 bits per heavy atom. The monoisotopic (exact) mass is 469 g/mol. The summed E-state index contributed by atoms with van der Waals surface area (Å²) < 4.78 is 12.2. The molecule has 0 aliphatic carbocycles. The van der Waals surface area contributed by atoms with Gasteiger partial charge in [-0.2, -0.15) is 0 Å². The molecule has 0 fully saturated rings. The molecule has 0 N–H and O–H groups in total. The minimum Gasteiger partial charge on any atom is -0.467 e. The molecule has 0 radical (unpaired) electrons. The summed E-state index contributed by atoms with van der Waals surface area (Å²) in [7, 11) is 0. The molecule has 5 rings (SSSR count). The van der Waals surface area contributed by atoms with Crippen molar-refractivity contribution in [1.82, 2.24) is 4.90 Å². The van der Waals surface area contributed by atoms with Gasteiger partial charge in [0, 0.05) is 9.50 Å². The summed E-state index contributed by atoms with van der Waals surface area (Å²) >= 11 is 9.51. The Balaban J connectivity index is 1.75. The number of fused-ring (bicyclic) bond motifs is 2. The fourth-order valence-electron chi connectivity index (χ4n) is 3.72. The molecule has 7 heteroatoms. The van der Waals surface area contributed by atoms with Crippen molar-refractivity contribution in [2.24, 2.45) is 0 Å². The molecule has 1 aliphatic rings. The predicted molar refractivity (Wildman–Crippen MR) is 112 cm³/mol. The normalized spacial score (nSPS) is 15.9. The lowest BCUT2D eigenvalue weighted by Crippen LogP contribution is -2.29. The topological polar surface area (TPSA) is 63.7 Å². The summed E-state index contributed by atoms with van der Waals surface area (Å²) in [4.78, 5) is 28.2. The predicted octanol–water partition coefficient (Wildman–Crippen LogP) is 5.55. The number of rotatable bonds is 3. The van der Waals surface area contributed by atoms with Crippen molar-refractivity contribution in [3.8, 4) is 0 Å². The minimum atomic E-state index is -0.588. The number of carbonyl (C=O) groups excluding carboxylic acids is 1. The Kier molecular flexibility index (Phi) is 4.33. The first kappa shape index (κ1) is 18.2. The van der Waals surface area contributed by atoms with Gasteiger partial charge in [0.1, 0.15) is 11.3 Å². The van der Waals surface area contributed by atoms with Crippen LogP contribution in [0.25, 0.3) is 11.0 Å². The third-order valence-corrected chi connectivity index (χ3v) is 5.78. The second kappa shape index (κ2) is 6.90. The number of furan rings is 1. The third-order valence-electron chi connectivity index (χ3n) is 5.02. The van der Waals surface area contributed by atoms with Crippen LogP contribution in [0.1, 0.15) is 33.5 Å². The van der Waals surface area contributed by atoms with Gasteiger partial charge in [-0.25, -0.2) is 0 Å². The molecule has 29 heavy (non-hydrogen) atoms. The van der Waals surface area contributed by atoms with E-state index in [0.717, 1.165) is 10.0 Å². The average molecular weight is 471 g/mol. The van der Waals surface area contributed by atoms with Gasteiger partial charge in [-0.15, -0.1) is 0 Å². The maximum atomic E-state index is 13.4. The molecule has 1 aliphatic heterocycles. The largest absolute Gasteiger partial charge is 0.467 e. The molecule has 0 saturated carbocycles. The highest BCUT2D eigenvalue weighted by Gasteiger charge is 2.43. The summed E-state index contributed by atoms with van der Waals surface area (Å²) in [5, 5.41) is 0.785. The Morgan fingerprint density at radius 1 is 1.07 bits per heavy atom. The van der Waals surface area contributed by atoms with Crippen LogP contribution < -0.4 is 5.43 Å². The van der Waals surface area contributed by atoms with Gasteiger partial charge in [0.25, 0.3) is 5.91 Å². The molecule has 4 aromatic rings. The zero-order chi connectivity index (χ0) is 20.1. The number of hydrogen-bond acceptors (Lipinski definition) is 4. The van der Waals surface area contributed by atoms with E-state index in [1.807, 2.05) is 24.3 Å². The van der Waals surface area contributed by atoms with E-state index in [-0.39, 0.29) is 23.6 Å². The molecule has 1 unspecified atom stereocenters. The highest BCUT2D eigenvalue weighted by atomic mass is 79.9. The quantitative estimate of drug-likeness (QED) is 0.394. The van der Waals surface area contributed by atoms with Crippen LogP contribution >= 0.6 is 27.5 Å². The summed E-state index contributed by atoms with van der Waals surface area (Å²) in [5.74, 6) is 0.330. The van der Waals surface area contributed by atoms with Gasteiger partial charge in [-0.3, -0.25) is 9.59 Å². The van der Waals surface area contributed by atoms with E-state index < -0.39 is 6.04 Å². The van der Waals surface area contributed by atoms with Gasteiger partial charge < -0.3 is 13.7 Å². The Hall–Kier alpha value is -2.83. The Morgan fingerprint density at radius 2 is 1.86 bits per heavy atom. The maximum absolute atomic E-state index is 13.4. The smallest absolute Gasteiger partial charge is 0.291 e. The van der Waals surface area contributed by atoms with Gasteiger partial charge in [0.15, 0.2) is 5.43 Å². The van der Waals surface area contributed by atoms with Crippen molar-refractivity contribution >= 4 is 44.4 Å². The second-order valence-corrected chi connectivity index (χ2v) is 8.13. The van der Waals surface area contributed by atoms with E-state index in [0.29, 0.717) is 27.3 Å². The molecule has 0 bridgehead atoms. The van der Waals surface area contributed by atoms with Crippen LogP contribution in [0.5, 0.6) is 0 Å². The molecule has 1 amide bonds. The van der Waals surface area contributed by atoms with E-state index in [4.69, 9.17) is 20.4 Å². The SMILES string of the molecule is O=C1c2oc3ccc(Cl)cc3c(=O)c2C(c2ccc(Br)cc2)N1Cc1ccco1. The number of amides is 1. The second-order valence-electron chi connectivity index (χ2n) is 6.78. The van der Waals surface area contributed by atoms with Crippen LogP contribution in [0.4, 0.5) is 0 Å². The van der Waals surface area contributed by atoms with Gasteiger partial charge in [-0.05, 0) is 48.0 Å². The third kappa shape index (κ3) is 2.99. The van der Waals surface area contributed by atoms with Gasteiger partial charge in [-0.1, -0.05) is 39.7 Å². The summed E-state index contributed by atoms with van der Waals surface area (Å²) in [5.41, 5.74) is 1.20. The first-order chi connectivity index (χ1) is 14.0. The fraction of sp³-hybridized carbons (Fsp3) is 0.0909. The zero-order valence-corrected chi connectivity index (χ0v) is 17.2.